The fraction of sp³-hybridized carbons (Fsp3) is 0.118. The van der Waals surface area contributed by atoms with Gasteiger partial charge in [-0.05, 0) is 43.5 Å². The highest BCUT2D eigenvalue weighted by Crippen LogP contribution is 2.38. The van der Waals surface area contributed by atoms with E-state index in [1.165, 1.54) is 19.2 Å². The van der Waals surface area contributed by atoms with E-state index in [9.17, 15) is 30.8 Å². The summed E-state index contributed by atoms with van der Waals surface area (Å²) in [7, 11) is -2.65. The Morgan fingerprint density at radius 1 is 1.15 bits per heavy atom. The highest BCUT2D eigenvalue weighted by molar-refractivity contribution is 7.89. The summed E-state index contributed by atoms with van der Waals surface area (Å²) in [5.74, 6) is -1.92. The van der Waals surface area contributed by atoms with E-state index in [1.54, 1.807) is 0 Å². The number of hydrogen-bond donors (Lipinski definition) is 2. The highest BCUT2D eigenvalue weighted by Gasteiger charge is 2.35. The van der Waals surface area contributed by atoms with Crippen LogP contribution in [0.4, 0.5) is 23.2 Å². The lowest BCUT2D eigenvalue weighted by Gasteiger charge is -2.11. The zero-order valence-electron chi connectivity index (χ0n) is 13.7. The predicted octanol–water partition coefficient (Wildman–Crippen LogP) is 3.25. The smallest absolute Gasteiger partial charge is 0.321 e. The molecule has 2 aromatic carbocycles. The van der Waals surface area contributed by atoms with Gasteiger partial charge in [-0.25, -0.2) is 17.5 Å². The molecule has 1 heterocycles. The Balaban J connectivity index is 2.22. The number of fused-ring (bicyclic) bond motifs is 1. The van der Waals surface area contributed by atoms with Crippen LogP contribution in [-0.2, 0) is 21.0 Å². The number of amides is 1. The Labute approximate surface area is 151 Å². The van der Waals surface area contributed by atoms with E-state index in [1.807, 2.05) is 0 Å². The first-order chi connectivity index (χ1) is 12.5. The van der Waals surface area contributed by atoms with Gasteiger partial charge in [-0.2, -0.15) is 13.2 Å². The zero-order valence-corrected chi connectivity index (χ0v) is 14.5. The van der Waals surface area contributed by atoms with E-state index in [2.05, 4.69) is 10.0 Å². The highest BCUT2D eigenvalue weighted by atomic mass is 32.2. The predicted molar refractivity (Wildman–Crippen MR) is 90.6 cm³/mol. The molecule has 0 aromatic heterocycles. The van der Waals surface area contributed by atoms with Crippen molar-refractivity contribution >= 4 is 33.3 Å². The molecule has 0 aliphatic carbocycles. The molecule has 1 amide bonds. The van der Waals surface area contributed by atoms with Crippen molar-refractivity contribution in [2.24, 2.45) is 0 Å². The normalized spacial score (nSPS) is 15.7. The molecule has 0 fully saturated rings. The third-order valence-corrected chi connectivity index (χ3v) is 5.41. The number of carbonyl (C=O) groups excluding carboxylic acids is 1. The van der Waals surface area contributed by atoms with Gasteiger partial charge < -0.3 is 5.32 Å². The summed E-state index contributed by atoms with van der Waals surface area (Å²) in [6, 6.07) is 6.14. The number of halogens is 4. The molecule has 2 N–H and O–H groups in total. The van der Waals surface area contributed by atoms with Crippen molar-refractivity contribution in [1.29, 1.82) is 0 Å². The summed E-state index contributed by atoms with van der Waals surface area (Å²) < 4.78 is 79.6. The van der Waals surface area contributed by atoms with Crippen LogP contribution in [0.25, 0.3) is 11.6 Å². The van der Waals surface area contributed by atoms with Crippen LogP contribution in [0.3, 0.4) is 0 Å². The lowest BCUT2D eigenvalue weighted by Crippen LogP contribution is -2.18. The van der Waals surface area contributed by atoms with Crippen LogP contribution in [0, 0.1) is 5.82 Å². The lowest BCUT2D eigenvalue weighted by molar-refractivity contribution is -0.138. The molecule has 3 rings (SSSR count). The van der Waals surface area contributed by atoms with Crippen molar-refractivity contribution in [2.45, 2.75) is 11.1 Å². The number of rotatable bonds is 3. The maximum Gasteiger partial charge on any atom is 0.417 e. The number of alkyl halides is 3. The Bertz CT molecular complexity index is 1080. The molecule has 142 valence electrons. The molecule has 2 aromatic rings. The molecule has 0 unspecified atom stereocenters. The van der Waals surface area contributed by atoms with Gasteiger partial charge >= 0.3 is 6.18 Å². The summed E-state index contributed by atoms with van der Waals surface area (Å²) in [4.78, 5) is 12.0. The average Bonchev–Trinajstić information content (AvgIpc) is 2.90. The minimum absolute atomic E-state index is 0.0627. The first-order valence-electron chi connectivity index (χ1n) is 7.51. The standard InChI is InChI=1S/C17H12F4N2O3S/c1-22-27(25,26)9-5-6-15-10(7-9)11(16(24)23-15)8-12-13(17(19,20)21)3-2-4-14(12)18/h2-8,22H,1H3,(H,23,24). The van der Waals surface area contributed by atoms with Crippen molar-refractivity contribution in [1.82, 2.24) is 4.72 Å². The summed E-state index contributed by atoms with van der Waals surface area (Å²) in [6.45, 7) is 0. The second-order valence-electron chi connectivity index (χ2n) is 5.63. The summed E-state index contributed by atoms with van der Waals surface area (Å²) >= 11 is 0. The van der Waals surface area contributed by atoms with Gasteiger partial charge in [0.2, 0.25) is 10.0 Å². The van der Waals surface area contributed by atoms with E-state index >= 15 is 0 Å². The summed E-state index contributed by atoms with van der Waals surface area (Å²) in [5, 5.41) is 2.42. The minimum atomic E-state index is -4.83. The van der Waals surface area contributed by atoms with Gasteiger partial charge in [-0.1, -0.05) is 6.07 Å². The van der Waals surface area contributed by atoms with E-state index in [4.69, 9.17) is 0 Å². The second kappa shape index (κ2) is 6.46. The molecule has 0 bridgehead atoms. The Morgan fingerprint density at radius 3 is 2.48 bits per heavy atom. The molecule has 0 atom stereocenters. The Kier molecular flexibility index (Phi) is 4.56. The number of nitrogens with one attached hydrogen (secondary N) is 2. The molecular formula is C17H12F4N2O3S. The van der Waals surface area contributed by atoms with Crippen LogP contribution in [0.2, 0.25) is 0 Å². The number of benzene rings is 2. The molecule has 1 aliphatic rings. The van der Waals surface area contributed by atoms with Crippen LogP contribution in [0.5, 0.6) is 0 Å². The molecule has 0 saturated carbocycles. The maximum absolute atomic E-state index is 14.1. The molecule has 0 saturated heterocycles. The van der Waals surface area contributed by atoms with Crippen molar-refractivity contribution in [3.8, 4) is 0 Å². The fourth-order valence-corrected chi connectivity index (χ4v) is 3.43. The molecule has 27 heavy (non-hydrogen) atoms. The van der Waals surface area contributed by atoms with E-state index in [-0.39, 0.29) is 21.7 Å². The molecule has 0 spiro atoms. The van der Waals surface area contributed by atoms with Crippen LogP contribution in [0.1, 0.15) is 16.7 Å². The van der Waals surface area contributed by atoms with Gasteiger partial charge in [-0.3, -0.25) is 4.79 Å². The summed E-state index contributed by atoms with van der Waals surface area (Å²) in [5.41, 5.74) is -2.03. The van der Waals surface area contributed by atoms with Gasteiger partial charge in [0.15, 0.2) is 0 Å². The lowest BCUT2D eigenvalue weighted by atomic mass is 10.00. The van der Waals surface area contributed by atoms with Crippen molar-refractivity contribution in [3.05, 3.63) is 58.9 Å². The molecule has 10 heteroatoms. The van der Waals surface area contributed by atoms with Crippen LogP contribution < -0.4 is 10.0 Å². The first-order valence-corrected chi connectivity index (χ1v) is 8.99. The number of sulfonamides is 1. The topological polar surface area (TPSA) is 75.3 Å². The number of hydrogen-bond acceptors (Lipinski definition) is 3. The van der Waals surface area contributed by atoms with Crippen LogP contribution >= 0.6 is 0 Å². The first kappa shape index (κ1) is 19.1. The minimum Gasteiger partial charge on any atom is -0.321 e. The van der Waals surface area contributed by atoms with Gasteiger partial charge in [0.05, 0.1) is 10.5 Å². The van der Waals surface area contributed by atoms with Crippen molar-refractivity contribution in [2.75, 3.05) is 12.4 Å². The van der Waals surface area contributed by atoms with Gasteiger partial charge in [0.25, 0.3) is 5.91 Å². The Morgan fingerprint density at radius 2 is 1.85 bits per heavy atom. The number of carbonyl (C=O) groups is 1. The van der Waals surface area contributed by atoms with Gasteiger partial charge in [0.1, 0.15) is 5.82 Å². The zero-order chi connectivity index (χ0) is 20.0. The van der Waals surface area contributed by atoms with Crippen LogP contribution in [0.15, 0.2) is 41.3 Å². The monoisotopic (exact) mass is 400 g/mol. The Hall–Kier alpha value is -2.72. The average molecular weight is 400 g/mol. The molecule has 5 nitrogen and oxygen atoms in total. The quantitative estimate of drug-likeness (QED) is 0.614. The van der Waals surface area contributed by atoms with Crippen LogP contribution in [-0.4, -0.2) is 21.4 Å². The number of anilines is 1. The third-order valence-electron chi connectivity index (χ3n) is 4.00. The fourth-order valence-electron chi connectivity index (χ4n) is 2.67. The van der Waals surface area contributed by atoms with E-state index in [0.29, 0.717) is 6.07 Å². The summed E-state index contributed by atoms with van der Waals surface area (Å²) in [6.07, 6.45) is -4.06. The van der Waals surface area contributed by atoms with Gasteiger partial charge in [-0.15, -0.1) is 0 Å². The van der Waals surface area contributed by atoms with Crippen molar-refractivity contribution in [3.63, 3.8) is 0 Å². The second-order valence-corrected chi connectivity index (χ2v) is 7.51. The van der Waals surface area contributed by atoms with E-state index in [0.717, 1.165) is 24.3 Å². The van der Waals surface area contributed by atoms with Crippen molar-refractivity contribution < 1.29 is 30.8 Å². The van der Waals surface area contributed by atoms with Gasteiger partial charge in [0, 0.05) is 22.4 Å². The molecule has 1 aliphatic heterocycles. The SMILES string of the molecule is CNS(=O)(=O)c1ccc2c(c1)C(=Cc1c(F)cccc1C(F)(F)F)C(=O)N2. The largest absolute Gasteiger partial charge is 0.417 e. The molecule has 0 radical (unpaired) electrons. The van der Waals surface area contributed by atoms with E-state index < -0.39 is 39.1 Å². The maximum atomic E-state index is 14.1. The third kappa shape index (κ3) is 3.45. The molecular weight excluding hydrogens is 388 g/mol.